The Kier molecular flexibility index (Phi) is 8.86. The number of rotatable bonds is 8. The zero-order valence-corrected chi connectivity index (χ0v) is 15.6. The van der Waals surface area contributed by atoms with E-state index in [1.165, 1.54) is 0 Å². The third-order valence-corrected chi connectivity index (χ3v) is 3.58. The quantitative estimate of drug-likeness (QED) is 0.424. The van der Waals surface area contributed by atoms with E-state index in [0.29, 0.717) is 0 Å². The van der Waals surface area contributed by atoms with Gasteiger partial charge in [-0.1, -0.05) is 12.1 Å². The van der Waals surface area contributed by atoms with Crippen LogP contribution in [0.25, 0.3) is 0 Å². The van der Waals surface area contributed by atoms with E-state index in [1.807, 2.05) is 24.3 Å². The highest BCUT2D eigenvalue weighted by Crippen LogP contribution is 2.07. The Morgan fingerprint density at radius 2 is 1.83 bits per heavy atom. The summed E-state index contributed by atoms with van der Waals surface area (Å²) in [5.74, 6) is 0.845. The molecule has 0 heterocycles. The van der Waals surface area contributed by atoms with Gasteiger partial charge in [0.15, 0.2) is 5.96 Å². The lowest BCUT2D eigenvalue weighted by Crippen LogP contribution is -2.39. The normalized spacial score (nSPS) is 11.5. The molecule has 0 saturated heterocycles. The van der Waals surface area contributed by atoms with Crippen LogP contribution < -0.4 is 10.6 Å². The van der Waals surface area contributed by atoms with Gasteiger partial charge in [-0.2, -0.15) is 0 Å². The fourth-order valence-electron chi connectivity index (χ4n) is 2.27. The van der Waals surface area contributed by atoms with Crippen molar-refractivity contribution in [3.8, 4) is 0 Å². The summed E-state index contributed by atoms with van der Waals surface area (Å²) in [6, 6.07) is 7.78. The van der Waals surface area contributed by atoms with Crippen molar-refractivity contribution in [2.24, 2.45) is 4.99 Å². The van der Waals surface area contributed by atoms with Gasteiger partial charge in [0, 0.05) is 39.8 Å². The molecule has 1 amide bonds. The molecule has 6 nitrogen and oxygen atoms in total. The van der Waals surface area contributed by atoms with Gasteiger partial charge in [0.1, 0.15) is 0 Å². The van der Waals surface area contributed by atoms with Crippen molar-refractivity contribution in [2.75, 3.05) is 54.9 Å². The van der Waals surface area contributed by atoms with Crippen LogP contribution in [0.2, 0.25) is 0 Å². The zero-order chi connectivity index (χ0) is 17.9. The molecular weight excluding hydrogens is 302 g/mol. The Labute approximate surface area is 145 Å². The second kappa shape index (κ2) is 10.6. The van der Waals surface area contributed by atoms with Crippen LogP contribution in [0.4, 0.5) is 0 Å². The average Bonchev–Trinajstić information content (AvgIpc) is 2.56. The third kappa shape index (κ3) is 7.46. The molecular formula is C18H31N5O. The van der Waals surface area contributed by atoms with E-state index < -0.39 is 0 Å². The number of carbonyl (C=O) groups excluding carboxylic acids is 1. The van der Waals surface area contributed by atoms with Crippen LogP contribution in [0.1, 0.15) is 22.3 Å². The van der Waals surface area contributed by atoms with E-state index >= 15 is 0 Å². The number of nitrogens with one attached hydrogen (secondary N) is 2. The van der Waals surface area contributed by atoms with Crippen LogP contribution >= 0.6 is 0 Å². The van der Waals surface area contributed by atoms with E-state index in [0.717, 1.165) is 49.6 Å². The second-order valence-corrected chi connectivity index (χ2v) is 6.23. The smallest absolute Gasteiger partial charge is 0.253 e. The number of carbonyl (C=O) groups is 1. The van der Waals surface area contributed by atoms with Crippen molar-refractivity contribution in [1.29, 1.82) is 0 Å². The maximum absolute atomic E-state index is 12.0. The Hall–Kier alpha value is -2.08. The summed E-state index contributed by atoms with van der Waals surface area (Å²) >= 11 is 0. The van der Waals surface area contributed by atoms with Gasteiger partial charge in [0.2, 0.25) is 0 Å². The van der Waals surface area contributed by atoms with Crippen molar-refractivity contribution in [3.05, 3.63) is 35.4 Å². The first-order chi connectivity index (χ1) is 11.4. The van der Waals surface area contributed by atoms with E-state index in [4.69, 9.17) is 0 Å². The Morgan fingerprint density at radius 3 is 2.46 bits per heavy atom. The molecule has 1 aromatic rings. The van der Waals surface area contributed by atoms with Gasteiger partial charge < -0.3 is 20.4 Å². The minimum atomic E-state index is 0.0307. The van der Waals surface area contributed by atoms with Crippen LogP contribution in [0, 0.1) is 0 Å². The van der Waals surface area contributed by atoms with Crippen LogP contribution in [0.15, 0.2) is 29.3 Å². The predicted molar refractivity (Wildman–Crippen MR) is 101 cm³/mol. The fourth-order valence-corrected chi connectivity index (χ4v) is 2.27. The molecule has 1 rings (SSSR count). The summed E-state index contributed by atoms with van der Waals surface area (Å²) in [5.41, 5.74) is 1.86. The number of aliphatic imine (C=N–C) groups is 1. The van der Waals surface area contributed by atoms with Crippen molar-refractivity contribution < 1.29 is 4.79 Å². The summed E-state index contributed by atoms with van der Waals surface area (Å²) < 4.78 is 0. The van der Waals surface area contributed by atoms with Gasteiger partial charge in [0.25, 0.3) is 5.91 Å². The maximum Gasteiger partial charge on any atom is 0.253 e. The molecule has 0 atom stereocenters. The van der Waals surface area contributed by atoms with E-state index in [-0.39, 0.29) is 5.91 Å². The number of amides is 1. The van der Waals surface area contributed by atoms with Crippen molar-refractivity contribution in [3.63, 3.8) is 0 Å². The highest BCUT2D eigenvalue weighted by atomic mass is 16.2. The van der Waals surface area contributed by atoms with Crippen molar-refractivity contribution in [2.45, 2.75) is 12.8 Å². The molecule has 24 heavy (non-hydrogen) atoms. The SMILES string of the molecule is CN=C(NCCCN(C)C)NCCc1cccc(C(=O)N(C)C)c1. The summed E-state index contributed by atoms with van der Waals surface area (Å²) in [4.78, 5) is 20.0. The average molecular weight is 333 g/mol. The minimum absolute atomic E-state index is 0.0307. The standard InChI is InChI=1S/C18H31N5O/c1-19-18(20-11-7-13-22(2)3)21-12-10-15-8-6-9-16(14-15)17(24)23(4)5/h6,8-9,14H,7,10-13H2,1-5H3,(H2,19,20,21). The second-order valence-electron chi connectivity index (χ2n) is 6.23. The first-order valence-electron chi connectivity index (χ1n) is 8.34. The molecule has 0 saturated carbocycles. The maximum atomic E-state index is 12.0. The molecule has 0 aliphatic heterocycles. The lowest BCUT2D eigenvalue weighted by atomic mass is 10.1. The molecule has 0 spiro atoms. The minimum Gasteiger partial charge on any atom is -0.356 e. The molecule has 0 aliphatic carbocycles. The Bertz CT molecular complexity index is 540. The molecule has 0 bridgehead atoms. The molecule has 0 unspecified atom stereocenters. The monoisotopic (exact) mass is 333 g/mol. The van der Waals surface area contributed by atoms with Gasteiger partial charge in [0.05, 0.1) is 0 Å². The van der Waals surface area contributed by atoms with Gasteiger partial charge in [-0.15, -0.1) is 0 Å². The molecule has 134 valence electrons. The number of nitrogens with zero attached hydrogens (tertiary/aromatic N) is 3. The summed E-state index contributed by atoms with van der Waals surface area (Å²) in [6.07, 6.45) is 1.91. The predicted octanol–water partition coefficient (Wildman–Crippen LogP) is 1.05. The number of benzene rings is 1. The highest BCUT2D eigenvalue weighted by Gasteiger charge is 2.08. The summed E-state index contributed by atoms with van der Waals surface area (Å²) in [5, 5.41) is 6.61. The van der Waals surface area contributed by atoms with Crippen molar-refractivity contribution in [1.82, 2.24) is 20.4 Å². The largest absolute Gasteiger partial charge is 0.356 e. The van der Waals surface area contributed by atoms with Crippen LogP contribution in [0.3, 0.4) is 0 Å². The zero-order valence-electron chi connectivity index (χ0n) is 15.6. The van der Waals surface area contributed by atoms with E-state index in [1.54, 1.807) is 26.0 Å². The lowest BCUT2D eigenvalue weighted by molar-refractivity contribution is 0.0827. The number of hydrogen-bond donors (Lipinski definition) is 2. The first-order valence-corrected chi connectivity index (χ1v) is 8.34. The molecule has 0 aliphatic rings. The Morgan fingerprint density at radius 1 is 1.12 bits per heavy atom. The topological polar surface area (TPSA) is 60.0 Å². The molecule has 0 fully saturated rings. The lowest BCUT2D eigenvalue weighted by Gasteiger charge is -2.14. The van der Waals surface area contributed by atoms with Gasteiger partial charge >= 0.3 is 0 Å². The van der Waals surface area contributed by atoms with Gasteiger partial charge in [-0.05, 0) is 51.2 Å². The molecule has 6 heteroatoms. The third-order valence-electron chi connectivity index (χ3n) is 3.58. The highest BCUT2D eigenvalue weighted by molar-refractivity contribution is 5.94. The first kappa shape index (κ1) is 20.0. The van der Waals surface area contributed by atoms with Crippen LogP contribution in [0.5, 0.6) is 0 Å². The summed E-state index contributed by atoms with van der Waals surface area (Å²) in [6.45, 7) is 2.72. The number of guanidine groups is 1. The van der Waals surface area contributed by atoms with Gasteiger partial charge in [-0.25, -0.2) is 0 Å². The van der Waals surface area contributed by atoms with E-state index in [9.17, 15) is 4.79 Å². The van der Waals surface area contributed by atoms with Gasteiger partial charge in [-0.3, -0.25) is 9.79 Å². The Balaban J connectivity index is 2.40. The molecule has 0 aromatic heterocycles. The van der Waals surface area contributed by atoms with E-state index in [2.05, 4.69) is 34.6 Å². The molecule has 1 aromatic carbocycles. The van der Waals surface area contributed by atoms with Crippen LogP contribution in [-0.4, -0.2) is 76.5 Å². The number of hydrogen-bond acceptors (Lipinski definition) is 3. The summed E-state index contributed by atoms with van der Waals surface area (Å²) in [7, 11) is 9.45. The molecule has 2 N–H and O–H groups in total. The fraction of sp³-hybridized carbons (Fsp3) is 0.556. The molecule has 0 radical (unpaired) electrons. The van der Waals surface area contributed by atoms with Crippen LogP contribution in [-0.2, 0) is 6.42 Å². The van der Waals surface area contributed by atoms with Crippen molar-refractivity contribution >= 4 is 11.9 Å².